The monoisotopic (exact) mass is 618 g/mol. The summed E-state index contributed by atoms with van der Waals surface area (Å²) in [7, 11) is 3.16. The molecule has 2 fully saturated rings. The number of methoxy groups -OCH3 is 2. The van der Waals surface area contributed by atoms with Gasteiger partial charge in [0.1, 0.15) is 5.75 Å². The van der Waals surface area contributed by atoms with Gasteiger partial charge in [-0.1, -0.05) is 12.1 Å². The molecule has 1 radical (unpaired) electrons. The summed E-state index contributed by atoms with van der Waals surface area (Å²) >= 11 is -0.501. The molecule has 0 aliphatic carbocycles. The molecule has 0 spiro atoms. The minimum Gasteiger partial charge on any atom is -0.479 e. The number of ether oxygens (including phenoxy) is 2. The van der Waals surface area contributed by atoms with Crippen molar-refractivity contribution in [3.05, 3.63) is 83.0 Å². The van der Waals surface area contributed by atoms with E-state index in [0.717, 1.165) is 48.4 Å². The number of fused-ring (bicyclic) bond motifs is 2. The van der Waals surface area contributed by atoms with Gasteiger partial charge in [0.2, 0.25) is 0 Å². The van der Waals surface area contributed by atoms with Crippen LogP contribution in [0.4, 0.5) is 5.82 Å². The molecule has 3 heterocycles. The number of anilines is 1. The van der Waals surface area contributed by atoms with Crippen LogP contribution in [-0.2, 0) is 4.79 Å². The number of carboxylic acid groups (broad SMARTS) is 1. The number of carbonyl (C=O) groups excluding carboxylic acids is 2. The van der Waals surface area contributed by atoms with Crippen LogP contribution in [-0.4, -0.2) is 68.6 Å². The summed E-state index contributed by atoms with van der Waals surface area (Å²) in [6.45, 7) is 1.94. The Morgan fingerprint density at radius 1 is 1.00 bits per heavy atom. The molecule has 2 bridgehead atoms. The number of carbonyl (C=O) groups is 3. The van der Waals surface area contributed by atoms with E-state index in [4.69, 9.17) is 9.47 Å². The second-order valence-corrected chi connectivity index (χ2v) is 13.3. The molecule has 3 aromatic rings. The molecule has 2 aliphatic heterocycles. The van der Waals surface area contributed by atoms with Crippen molar-refractivity contribution >= 4 is 38.0 Å². The number of aromatic nitrogens is 1. The summed E-state index contributed by atoms with van der Waals surface area (Å²) in [4.78, 5) is 45.0. The van der Waals surface area contributed by atoms with Crippen LogP contribution in [0.15, 0.2) is 60.8 Å². The van der Waals surface area contributed by atoms with Gasteiger partial charge in [-0.25, -0.2) is 4.79 Å². The van der Waals surface area contributed by atoms with Gasteiger partial charge in [0.05, 0.1) is 7.11 Å². The second-order valence-electron chi connectivity index (χ2n) is 10.4. The molecule has 2 unspecified atom stereocenters. The fourth-order valence-electron chi connectivity index (χ4n) is 5.90. The predicted molar refractivity (Wildman–Crippen MR) is 155 cm³/mol. The summed E-state index contributed by atoms with van der Waals surface area (Å²) in [5.41, 5.74) is 2.41. The molecule has 2 saturated heterocycles. The van der Waals surface area contributed by atoms with E-state index < -0.39 is 33.7 Å². The number of amides is 1. The fraction of sp³-hybridized carbons (Fsp3) is 0.355. The van der Waals surface area contributed by atoms with Crippen LogP contribution in [0.2, 0.25) is 4.71 Å². The summed E-state index contributed by atoms with van der Waals surface area (Å²) < 4.78 is 11.2. The Morgan fingerprint density at radius 2 is 1.71 bits per heavy atom. The number of aliphatic carboxylic acids is 1. The van der Waals surface area contributed by atoms with Crippen molar-refractivity contribution in [2.45, 2.75) is 55.4 Å². The van der Waals surface area contributed by atoms with Gasteiger partial charge in [-0.3, -0.25) is 0 Å². The van der Waals surface area contributed by atoms with E-state index in [2.05, 4.69) is 15.2 Å². The summed E-state index contributed by atoms with van der Waals surface area (Å²) in [6.07, 6.45) is 5.53. The zero-order valence-electron chi connectivity index (χ0n) is 23.2. The number of pyridine rings is 1. The quantitative estimate of drug-likeness (QED) is 0.321. The molecule has 3 atom stereocenters. The fourth-order valence-corrected chi connectivity index (χ4v) is 8.86. The van der Waals surface area contributed by atoms with Gasteiger partial charge in [-0.05, 0) is 12.1 Å². The Bertz CT molecular complexity index is 1410. The third-order valence-corrected chi connectivity index (χ3v) is 10.6. The average Bonchev–Trinajstić information content (AvgIpc) is 3.25. The Labute approximate surface area is 245 Å². The minimum atomic E-state index is -1.20. The molecule has 0 saturated carbocycles. The van der Waals surface area contributed by atoms with Crippen LogP contribution >= 0.6 is 0 Å². The van der Waals surface area contributed by atoms with Crippen LogP contribution in [0.1, 0.15) is 63.6 Å². The summed E-state index contributed by atoms with van der Waals surface area (Å²) in [5.74, 6) is 0.486. The third kappa shape index (κ3) is 6.10. The molecule has 1 aromatic heterocycles. The first-order valence-corrected chi connectivity index (χ1v) is 15.6. The van der Waals surface area contributed by atoms with E-state index in [1.165, 1.54) is 13.3 Å². The van der Waals surface area contributed by atoms with Crippen molar-refractivity contribution in [1.29, 1.82) is 0 Å². The van der Waals surface area contributed by atoms with Crippen molar-refractivity contribution in [3.63, 3.8) is 0 Å². The van der Waals surface area contributed by atoms with Gasteiger partial charge >= 0.3 is 195 Å². The normalized spacial score (nSPS) is 20.6. The summed E-state index contributed by atoms with van der Waals surface area (Å²) in [5, 5.41) is 12.3. The number of rotatable bonds is 10. The van der Waals surface area contributed by atoms with Gasteiger partial charge in [0, 0.05) is 0 Å². The topological polar surface area (TPSA) is 118 Å². The van der Waals surface area contributed by atoms with Crippen LogP contribution in [0.3, 0.4) is 0 Å². The van der Waals surface area contributed by atoms with E-state index in [9.17, 15) is 19.5 Å². The zero-order valence-corrected chi connectivity index (χ0v) is 25.1. The molecule has 41 heavy (non-hydrogen) atoms. The first kappa shape index (κ1) is 28.7. The number of hydrogen-bond acceptors (Lipinski definition) is 7. The van der Waals surface area contributed by atoms with E-state index >= 15 is 0 Å². The number of hydrogen-bond donors (Lipinski definition) is 2. The molecular formula is C31H33AsN3O6. The van der Waals surface area contributed by atoms with Crippen molar-refractivity contribution < 1.29 is 29.0 Å². The summed E-state index contributed by atoms with van der Waals surface area (Å²) in [6, 6.07) is 15.2. The minimum absolute atomic E-state index is 0.248. The molecule has 1 amide bonds. The van der Waals surface area contributed by atoms with Gasteiger partial charge in [-0.2, -0.15) is 0 Å². The molecule has 2 N–H and O–H groups in total. The van der Waals surface area contributed by atoms with Gasteiger partial charge in [0.25, 0.3) is 0 Å². The van der Waals surface area contributed by atoms with Crippen LogP contribution < -0.4 is 19.7 Å². The SMILES string of the molecule is COc1ccc([C@H](NC(=O)c2ccc(N3C4CCC3CC([As]C(=O)c3cccc(OC)c3C)C4)nc2)C(=O)O)cc1. The van der Waals surface area contributed by atoms with E-state index in [-0.39, 0.29) is 4.57 Å². The van der Waals surface area contributed by atoms with Crippen molar-refractivity contribution in [3.8, 4) is 11.5 Å². The van der Waals surface area contributed by atoms with Crippen molar-refractivity contribution in [2.24, 2.45) is 0 Å². The van der Waals surface area contributed by atoms with Crippen molar-refractivity contribution in [2.75, 3.05) is 19.1 Å². The van der Waals surface area contributed by atoms with E-state index in [1.807, 2.05) is 31.2 Å². The Hall–Kier alpha value is -3.84. The maximum atomic E-state index is 13.2. The average molecular weight is 619 g/mol. The first-order valence-electron chi connectivity index (χ1n) is 13.6. The van der Waals surface area contributed by atoms with Gasteiger partial charge in [-0.15, -0.1) is 0 Å². The van der Waals surface area contributed by atoms with Crippen LogP contribution in [0.25, 0.3) is 0 Å². The molecule has 213 valence electrons. The molecular weight excluding hydrogens is 585 g/mol. The number of carboxylic acids is 1. The Balaban J connectivity index is 1.22. The van der Waals surface area contributed by atoms with Crippen LogP contribution in [0.5, 0.6) is 11.5 Å². The number of benzene rings is 2. The van der Waals surface area contributed by atoms with Crippen molar-refractivity contribution in [1.82, 2.24) is 10.3 Å². The van der Waals surface area contributed by atoms with E-state index in [1.54, 1.807) is 37.4 Å². The Morgan fingerprint density at radius 3 is 2.29 bits per heavy atom. The predicted octanol–water partition coefficient (Wildman–Crippen LogP) is 4.43. The molecule has 2 aliphatic rings. The number of piperidine rings is 1. The van der Waals surface area contributed by atoms with Gasteiger partial charge < -0.3 is 9.84 Å². The number of nitrogens with zero attached hydrogens (tertiary/aromatic N) is 2. The van der Waals surface area contributed by atoms with Crippen LogP contribution in [0, 0.1) is 6.92 Å². The number of nitrogens with one attached hydrogen (secondary N) is 1. The molecule has 2 aromatic carbocycles. The molecule has 9 nitrogen and oxygen atoms in total. The second kappa shape index (κ2) is 12.4. The first-order chi connectivity index (χ1) is 19.8. The molecule has 5 rings (SSSR count). The van der Waals surface area contributed by atoms with Gasteiger partial charge in [0.15, 0.2) is 0 Å². The standard InChI is InChI=1S/C31H33AsN3O6/c1-18-25(5-4-6-26(18)41-3)29(36)32-21-15-22-10-11-23(16-21)35(22)27-14-9-20(17-33-27)30(37)34-28(31(38)39)19-7-12-24(40-2)13-8-19/h4-9,12-14,17,21-23,28H,10-11,15-16H2,1-3H3,(H,34,37)(H,38,39)/t21?,22?,23?,28-/m0/s1. The zero-order chi connectivity index (χ0) is 29.1. The van der Waals surface area contributed by atoms with E-state index in [0.29, 0.717) is 33.7 Å². The smallest absolute Gasteiger partial charge is 0.479 e. The molecule has 10 heteroatoms. The maximum absolute atomic E-state index is 13.2. The third-order valence-electron chi connectivity index (χ3n) is 7.99. The Kier molecular flexibility index (Phi) is 8.64.